The fraction of sp³-hybridized carbons (Fsp3) is 0.917. The first-order valence-electron chi connectivity index (χ1n) is 6.31. The van der Waals surface area contributed by atoms with Crippen molar-refractivity contribution in [2.45, 2.75) is 31.3 Å². The standard InChI is InChI=1S/C12H23N3OS/c1-10(8-15(2)3)13-11-14-12(9-17-11)4-6-16-7-5-12/h10H,4-9H2,1-3H3,(H,13,14). The molecule has 2 rings (SSSR count). The summed E-state index contributed by atoms with van der Waals surface area (Å²) in [5.74, 6) is 1.14. The molecule has 1 N–H and O–H groups in total. The molecule has 1 spiro atoms. The zero-order chi connectivity index (χ0) is 12.3. The highest BCUT2D eigenvalue weighted by Crippen LogP contribution is 2.31. The normalized spacial score (nSPS) is 27.6. The number of nitrogens with zero attached hydrogens (tertiary/aromatic N) is 2. The number of likely N-dealkylation sites (N-methyl/N-ethyl adjacent to an activating group) is 1. The second kappa shape index (κ2) is 5.59. The Morgan fingerprint density at radius 3 is 2.82 bits per heavy atom. The molecule has 2 saturated heterocycles. The first-order valence-corrected chi connectivity index (χ1v) is 7.29. The number of nitrogens with one attached hydrogen (secondary N) is 1. The average Bonchev–Trinajstić information content (AvgIpc) is 2.61. The van der Waals surface area contributed by atoms with Gasteiger partial charge >= 0.3 is 0 Å². The Bertz CT molecular complexity index is 287. The third-order valence-corrected chi connectivity index (χ3v) is 4.45. The van der Waals surface area contributed by atoms with Gasteiger partial charge in [0, 0.05) is 25.5 Å². The van der Waals surface area contributed by atoms with Gasteiger partial charge in [0.05, 0.1) is 11.6 Å². The van der Waals surface area contributed by atoms with E-state index in [1.807, 2.05) is 11.8 Å². The molecule has 0 aromatic rings. The molecule has 98 valence electrons. The van der Waals surface area contributed by atoms with E-state index in [0.29, 0.717) is 6.04 Å². The lowest BCUT2D eigenvalue weighted by molar-refractivity contribution is 0.0555. The van der Waals surface area contributed by atoms with Crippen molar-refractivity contribution in [3.63, 3.8) is 0 Å². The zero-order valence-corrected chi connectivity index (χ0v) is 11.8. The second-order valence-electron chi connectivity index (χ2n) is 5.35. The average molecular weight is 257 g/mol. The van der Waals surface area contributed by atoms with Gasteiger partial charge in [0.2, 0.25) is 0 Å². The van der Waals surface area contributed by atoms with E-state index in [9.17, 15) is 0 Å². The van der Waals surface area contributed by atoms with Gasteiger partial charge in [-0.25, -0.2) is 0 Å². The molecule has 1 unspecified atom stereocenters. The number of hydrogen-bond acceptors (Lipinski definition) is 4. The van der Waals surface area contributed by atoms with E-state index in [1.54, 1.807) is 0 Å². The zero-order valence-electron chi connectivity index (χ0n) is 11.0. The molecule has 2 heterocycles. The monoisotopic (exact) mass is 257 g/mol. The third-order valence-electron chi connectivity index (χ3n) is 3.27. The highest BCUT2D eigenvalue weighted by Gasteiger charge is 2.38. The number of aliphatic imine (C=N–C) groups is 1. The third kappa shape index (κ3) is 3.60. The van der Waals surface area contributed by atoms with Crippen LogP contribution >= 0.6 is 11.8 Å². The van der Waals surface area contributed by atoms with Crippen molar-refractivity contribution in [3.8, 4) is 0 Å². The molecule has 2 aliphatic heterocycles. The van der Waals surface area contributed by atoms with E-state index in [1.165, 1.54) is 0 Å². The molecule has 0 amide bonds. The van der Waals surface area contributed by atoms with E-state index >= 15 is 0 Å². The summed E-state index contributed by atoms with van der Waals surface area (Å²) in [4.78, 5) is 6.93. The van der Waals surface area contributed by atoms with Gasteiger partial charge in [0.15, 0.2) is 5.17 Å². The van der Waals surface area contributed by atoms with Gasteiger partial charge in [0.1, 0.15) is 0 Å². The summed E-state index contributed by atoms with van der Waals surface area (Å²) >= 11 is 1.87. The van der Waals surface area contributed by atoms with Crippen LogP contribution in [0.3, 0.4) is 0 Å². The summed E-state index contributed by atoms with van der Waals surface area (Å²) in [5, 5.41) is 4.75. The number of amidine groups is 1. The van der Waals surface area contributed by atoms with Crippen LogP contribution in [0, 0.1) is 0 Å². The molecular formula is C12H23N3OS. The fourth-order valence-corrected chi connectivity index (χ4v) is 3.69. The van der Waals surface area contributed by atoms with Crippen LogP contribution in [0.25, 0.3) is 0 Å². The fourth-order valence-electron chi connectivity index (χ4n) is 2.38. The molecule has 0 bridgehead atoms. The van der Waals surface area contributed by atoms with Gasteiger partial charge in [-0.1, -0.05) is 11.8 Å². The Labute approximate surface area is 108 Å². The molecule has 2 fully saturated rings. The van der Waals surface area contributed by atoms with E-state index in [2.05, 4.69) is 31.2 Å². The van der Waals surface area contributed by atoms with Crippen molar-refractivity contribution in [2.24, 2.45) is 4.99 Å². The van der Waals surface area contributed by atoms with Crippen molar-refractivity contribution in [1.29, 1.82) is 0 Å². The van der Waals surface area contributed by atoms with Crippen LogP contribution in [-0.2, 0) is 4.74 Å². The molecule has 17 heavy (non-hydrogen) atoms. The predicted octanol–water partition coefficient (Wildman–Crippen LogP) is 1.18. The maximum atomic E-state index is 5.43. The second-order valence-corrected chi connectivity index (χ2v) is 6.32. The maximum Gasteiger partial charge on any atom is 0.157 e. The van der Waals surface area contributed by atoms with E-state index in [-0.39, 0.29) is 5.54 Å². The van der Waals surface area contributed by atoms with Gasteiger partial charge in [-0.15, -0.1) is 0 Å². The number of thioether (sulfide) groups is 1. The van der Waals surface area contributed by atoms with Crippen LogP contribution in [0.1, 0.15) is 19.8 Å². The predicted molar refractivity (Wildman–Crippen MR) is 73.8 cm³/mol. The Kier molecular flexibility index (Phi) is 4.33. The summed E-state index contributed by atoms with van der Waals surface area (Å²) in [6.45, 7) is 4.94. The minimum atomic E-state index is 0.263. The van der Waals surface area contributed by atoms with Crippen molar-refractivity contribution in [2.75, 3.05) is 39.6 Å². The van der Waals surface area contributed by atoms with Crippen LogP contribution in [0.5, 0.6) is 0 Å². The first-order chi connectivity index (χ1) is 8.10. The minimum absolute atomic E-state index is 0.263. The molecule has 0 aliphatic carbocycles. The highest BCUT2D eigenvalue weighted by molar-refractivity contribution is 8.14. The van der Waals surface area contributed by atoms with Gasteiger partial charge in [-0.3, -0.25) is 4.99 Å². The van der Waals surface area contributed by atoms with Crippen LogP contribution in [-0.4, -0.2) is 61.3 Å². The van der Waals surface area contributed by atoms with E-state index in [0.717, 1.165) is 43.5 Å². The smallest absolute Gasteiger partial charge is 0.157 e. The summed E-state index contributed by atoms with van der Waals surface area (Å²) in [6, 6.07) is 0.356. The lowest BCUT2D eigenvalue weighted by atomic mass is 9.93. The Morgan fingerprint density at radius 2 is 2.18 bits per heavy atom. The summed E-state index contributed by atoms with van der Waals surface area (Å²) in [6.07, 6.45) is 2.22. The Morgan fingerprint density at radius 1 is 1.47 bits per heavy atom. The SMILES string of the molecule is CC(CN(C)C)N=C1NC2(CCOCC2)CS1. The number of rotatable bonds is 3. The van der Waals surface area contributed by atoms with Crippen LogP contribution < -0.4 is 5.32 Å². The van der Waals surface area contributed by atoms with E-state index in [4.69, 9.17) is 9.73 Å². The van der Waals surface area contributed by atoms with Crippen LogP contribution in [0.15, 0.2) is 4.99 Å². The molecule has 2 aliphatic rings. The van der Waals surface area contributed by atoms with Crippen molar-refractivity contribution >= 4 is 16.9 Å². The molecule has 1 atom stereocenters. The van der Waals surface area contributed by atoms with Crippen molar-refractivity contribution in [1.82, 2.24) is 10.2 Å². The van der Waals surface area contributed by atoms with Crippen LogP contribution in [0.2, 0.25) is 0 Å². The van der Waals surface area contributed by atoms with Crippen molar-refractivity contribution in [3.05, 3.63) is 0 Å². The van der Waals surface area contributed by atoms with E-state index < -0.39 is 0 Å². The maximum absolute atomic E-state index is 5.43. The van der Waals surface area contributed by atoms with Gasteiger partial charge < -0.3 is 15.0 Å². The summed E-state index contributed by atoms with van der Waals surface area (Å²) < 4.78 is 5.43. The molecule has 4 nitrogen and oxygen atoms in total. The number of ether oxygens (including phenoxy) is 1. The molecule has 0 saturated carbocycles. The number of hydrogen-bond donors (Lipinski definition) is 1. The van der Waals surface area contributed by atoms with Gasteiger partial charge in [0.25, 0.3) is 0 Å². The topological polar surface area (TPSA) is 36.9 Å². The van der Waals surface area contributed by atoms with Crippen molar-refractivity contribution < 1.29 is 4.74 Å². The van der Waals surface area contributed by atoms with Gasteiger partial charge in [-0.2, -0.15) is 0 Å². The first kappa shape index (κ1) is 13.2. The lowest BCUT2D eigenvalue weighted by Crippen LogP contribution is -2.48. The van der Waals surface area contributed by atoms with Crippen LogP contribution in [0.4, 0.5) is 0 Å². The summed E-state index contributed by atoms with van der Waals surface area (Å²) in [7, 11) is 4.18. The molecule has 0 aromatic carbocycles. The largest absolute Gasteiger partial charge is 0.381 e. The molecule has 0 radical (unpaired) electrons. The summed E-state index contributed by atoms with van der Waals surface area (Å²) in [5.41, 5.74) is 0.263. The minimum Gasteiger partial charge on any atom is -0.381 e. The molecule has 5 heteroatoms. The molecular weight excluding hydrogens is 234 g/mol. The molecule has 0 aromatic heterocycles. The Hall–Kier alpha value is -0.260. The highest BCUT2D eigenvalue weighted by atomic mass is 32.2. The van der Waals surface area contributed by atoms with Gasteiger partial charge in [-0.05, 0) is 33.9 Å². The Balaban J connectivity index is 1.90. The lowest BCUT2D eigenvalue weighted by Gasteiger charge is -2.32. The quantitative estimate of drug-likeness (QED) is 0.824.